The number of hydrogen-bond acceptors (Lipinski definition) is 18. The second kappa shape index (κ2) is 39.3. The Morgan fingerprint density at radius 2 is 0.608 bits per heavy atom. The van der Waals surface area contributed by atoms with Crippen molar-refractivity contribution in [3.63, 3.8) is 0 Å². The van der Waals surface area contributed by atoms with Crippen molar-refractivity contribution >= 4 is 89.8 Å². The van der Waals surface area contributed by atoms with Gasteiger partial charge in [-0.1, -0.05) is 209 Å². The molecule has 0 aromatic heterocycles. The van der Waals surface area contributed by atoms with E-state index in [0.717, 1.165) is 33.4 Å². The number of ether oxygens (including phenoxy) is 12. The summed E-state index contributed by atoms with van der Waals surface area (Å²) in [5.41, 5.74) is 1.17. The fourth-order valence-corrected chi connectivity index (χ4v) is 11.9. The molecule has 0 aliphatic carbocycles. The SMILES string of the molecule is C.C.C.C.C.CCC1(C(=O)O[C@@H]2C(=O)OCC2(C)C)CCc2ccc(OCc3ccccc3)cc2O1.CC[C@@]1(C(=O)O[C@@H]2C(=O)OCC2(C)C)CCc2ccc(OCc3ccccc3)cc2O1.CC[C@]1(C(=O)O[C@@H]2C(=O)OCC2(C)C)CCc2ccc(OCc3ccccc3)cc2O1.S.S.S.S. The first-order valence-corrected chi connectivity index (χ1v) is 32.1. The molecule has 102 heavy (non-hydrogen) atoms. The molecule has 6 aliphatic rings. The van der Waals surface area contributed by atoms with E-state index in [-0.39, 0.29) is 111 Å². The van der Waals surface area contributed by atoms with E-state index in [0.29, 0.717) is 112 Å². The van der Waals surface area contributed by atoms with Gasteiger partial charge in [-0.25, -0.2) is 28.8 Å². The lowest BCUT2D eigenvalue weighted by Gasteiger charge is -2.37. The van der Waals surface area contributed by atoms with Crippen molar-refractivity contribution in [2.75, 3.05) is 19.8 Å². The zero-order chi connectivity index (χ0) is 66.2. The Labute approximate surface area is 633 Å². The molecule has 3 fully saturated rings. The highest BCUT2D eigenvalue weighted by Gasteiger charge is 2.55. The molecule has 0 N–H and O–H groups in total. The Kier molecular flexibility index (Phi) is 35.6. The summed E-state index contributed by atoms with van der Waals surface area (Å²) < 4.78 is 68.7. The molecule has 0 spiro atoms. The third-order valence-electron chi connectivity index (χ3n) is 18.2. The van der Waals surface area contributed by atoms with Crippen LogP contribution in [-0.4, -0.2) is 90.8 Å². The highest BCUT2D eigenvalue weighted by Crippen LogP contribution is 2.44. The zero-order valence-electron chi connectivity index (χ0n) is 56.5. The van der Waals surface area contributed by atoms with Crippen LogP contribution in [0.15, 0.2) is 146 Å². The lowest BCUT2D eigenvalue weighted by molar-refractivity contribution is -0.178. The van der Waals surface area contributed by atoms with Gasteiger partial charge in [-0.3, -0.25) is 0 Å². The van der Waals surface area contributed by atoms with Gasteiger partial charge in [0, 0.05) is 53.7 Å². The summed E-state index contributed by atoms with van der Waals surface area (Å²) >= 11 is 0. The number of carbonyl (C=O) groups excluding carboxylic acids is 6. The molecule has 18 nitrogen and oxygen atoms in total. The van der Waals surface area contributed by atoms with Crippen LogP contribution in [0.2, 0.25) is 0 Å². The van der Waals surface area contributed by atoms with Gasteiger partial charge in [-0.05, 0) is 90.1 Å². The van der Waals surface area contributed by atoms with Crippen molar-refractivity contribution in [3.8, 4) is 34.5 Å². The Hall–Kier alpha value is -7.66. The molecule has 12 rings (SSSR count). The van der Waals surface area contributed by atoms with E-state index in [1.807, 2.05) is 208 Å². The topological polar surface area (TPSA) is 213 Å². The summed E-state index contributed by atoms with van der Waals surface area (Å²) in [5, 5.41) is 0. The van der Waals surface area contributed by atoms with Crippen LogP contribution in [0.4, 0.5) is 0 Å². The van der Waals surface area contributed by atoms with Gasteiger partial charge in [-0.15, -0.1) is 0 Å². The van der Waals surface area contributed by atoms with Gasteiger partial charge in [-0.2, -0.15) is 54.0 Å². The van der Waals surface area contributed by atoms with E-state index in [4.69, 9.17) is 56.8 Å². The molecule has 22 heteroatoms. The Morgan fingerprint density at radius 1 is 0.373 bits per heavy atom. The minimum Gasteiger partial charge on any atom is -0.489 e. The van der Waals surface area contributed by atoms with Gasteiger partial charge < -0.3 is 56.8 Å². The fraction of sp³-hybridized carbons (Fsp3) is 0.475. The van der Waals surface area contributed by atoms with Crippen LogP contribution < -0.4 is 28.4 Å². The van der Waals surface area contributed by atoms with Crippen molar-refractivity contribution in [2.45, 2.75) is 212 Å². The van der Waals surface area contributed by atoms with E-state index < -0.39 is 87.2 Å². The van der Waals surface area contributed by atoms with Crippen LogP contribution in [0.1, 0.15) is 171 Å². The van der Waals surface area contributed by atoms with E-state index >= 15 is 0 Å². The predicted molar refractivity (Wildman–Crippen MR) is 417 cm³/mol. The predicted octanol–water partition coefficient (Wildman–Crippen LogP) is 16.3. The number of fused-ring (bicyclic) bond motifs is 3. The minimum atomic E-state index is -1.13. The Morgan fingerprint density at radius 3 is 0.814 bits per heavy atom. The number of rotatable bonds is 18. The van der Waals surface area contributed by atoms with Crippen molar-refractivity contribution in [1.29, 1.82) is 0 Å². The molecule has 6 heterocycles. The lowest BCUT2D eigenvalue weighted by atomic mass is 9.87. The summed E-state index contributed by atoms with van der Waals surface area (Å²) in [6.07, 6.45) is 2.03. The van der Waals surface area contributed by atoms with E-state index in [9.17, 15) is 28.8 Å². The van der Waals surface area contributed by atoms with Crippen molar-refractivity contribution < 1.29 is 85.6 Å². The minimum absolute atomic E-state index is 0. The first-order chi connectivity index (χ1) is 44.5. The maximum absolute atomic E-state index is 13.2. The van der Waals surface area contributed by atoms with Crippen LogP contribution >= 0.6 is 54.0 Å². The van der Waals surface area contributed by atoms with Gasteiger partial charge in [0.15, 0.2) is 0 Å². The van der Waals surface area contributed by atoms with Gasteiger partial charge in [0.2, 0.25) is 35.1 Å². The van der Waals surface area contributed by atoms with Crippen molar-refractivity contribution in [2.24, 2.45) is 16.2 Å². The van der Waals surface area contributed by atoms with Crippen LogP contribution in [0.5, 0.6) is 34.5 Å². The summed E-state index contributed by atoms with van der Waals surface area (Å²) in [7, 11) is 0. The summed E-state index contributed by atoms with van der Waals surface area (Å²) in [5.74, 6) is 0.786. The van der Waals surface area contributed by atoms with Gasteiger partial charge in [0.1, 0.15) is 74.1 Å². The first kappa shape index (κ1) is 92.4. The van der Waals surface area contributed by atoms with Crippen LogP contribution in [0.25, 0.3) is 0 Å². The number of cyclic esters (lactones) is 3. The van der Waals surface area contributed by atoms with E-state index in [1.165, 1.54) is 0 Å². The van der Waals surface area contributed by atoms with Gasteiger partial charge in [0.25, 0.3) is 0 Å². The highest BCUT2D eigenvalue weighted by molar-refractivity contribution is 7.59. The molecule has 0 bridgehead atoms. The van der Waals surface area contributed by atoms with E-state index in [2.05, 4.69) is 0 Å². The average Bonchev–Trinajstić information content (AvgIpc) is 1.12. The molecule has 6 aliphatic heterocycles. The molecular weight excluding hydrogens is 1380 g/mol. The van der Waals surface area contributed by atoms with Crippen molar-refractivity contribution in [3.05, 3.63) is 179 Å². The van der Waals surface area contributed by atoms with Crippen LogP contribution in [0.3, 0.4) is 0 Å². The summed E-state index contributed by atoms with van der Waals surface area (Å²) in [6.45, 7) is 18.8. The number of hydrogen-bond donors (Lipinski definition) is 0. The molecular formula is C80H112O18S4. The summed E-state index contributed by atoms with van der Waals surface area (Å²) in [4.78, 5) is 75.7. The Balaban J connectivity index is 0.000000733. The summed E-state index contributed by atoms with van der Waals surface area (Å²) in [6, 6.07) is 46.9. The highest BCUT2D eigenvalue weighted by atomic mass is 32.1. The lowest BCUT2D eigenvalue weighted by Crippen LogP contribution is -2.50. The quantitative estimate of drug-likeness (QED) is 0.0578. The zero-order valence-corrected chi connectivity index (χ0v) is 60.5. The average molecular weight is 1490 g/mol. The van der Waals surface area contributed by atoms with E-state index in [1.54, 1.807) is 0 Å². The normalized spacial score (nSPS) is 21.9. The first-order valence-electron chi connectivity index (χ1n) is 32.1. The molecule has 0 radical (unpaired) electrons. The molecule has 3 saturated heterocycles. The number of benzene rings is 6. The largest absolute Gasteiger partial charge is 0.489 e. The van der Waals surface area contributed by atoms with Crippen molar-refractivity contribution in [1.82, 2.24) is 0 Å². The van der Waals surface area contributed by atoms with Gasteiger partial charge in [0.05, 0.1) is 0 Å². The fourth-order valence-electron chi connectivity index (χ4n) is 11.9. The standard InChI is InChI=1S/3C25H28O6.5CH4.4H2S/c3*1-4-25(23(27)30-21-22(26)29-16-24(21,2)3)13-12-18-10-11-19(14-20(18)31-25)28-15-17-8-6-5-7-9-17;;;;;;;;;/h3*5-11,14,21H,4,12-13,15-16H2,1-3H3;5*1H4;4*1H2/t21-,25?;21-,25+;21-,25-;;;;;;;;;/m111........./s1. The number of aryl methyl sites for hydroxylation is 3. The van der Waals surface area contributed by atoms with Gasteiger partial charge >= 0.3 is 35.8 Å². The second-order valence-electron chi connectivity index (χ2n) is 26.6. The van der Waals surface area contributed by atoms with Crippen LogP contribution in [-0.2, 0) is 96.3 Å². The third-order valence-corrected chi connectivity index (χ3v) is 18.2. The molecule has 0 amide bonds. The van der Waals surface area contributed by atoms with Crippen LogP contribution in [0, 0.1) is 16.2 Å². The third kappa shape index (κ3) is 21.3. The number of carbonyl (C=O) groups is 6. The molecule has 6 atom stereocenters. The molecule has 6 aromatic rings. The second-order valence-corrected chi connectivity index (χ2v) is 26.6. The smallest absolute Gasteiger partial charge is 0.351 e. The molecule has 6 aromatic carbocycles. The molecule has 0 saturated carbocycles. The monoisotopic (exact) mass is 1490 g/mol. The molecule has 564 valence electrons. The number of esters is 6. The maximum Gasteiger partial charge on any atom is 0.351 e. The Bertz CT molecular complexity index is 3310. The molecule has 1 unspecified atom stereocenters. The maximum atomic E-state index is 13.2.